The number of ether oxygens (including phenoxy) is 5. The van der Waals surface area contributed by atoms with Crippen LogP contribution in [0.1, 0.15) is 11.7 Å². The lowest BCUT2D eigenvalue weighted by molar-refractivity contribution is -0.314. The first-order valence-corrected chi connectivity index (χ1v) is 16.5. The molecule has 4 heterocycles. The van der Waals surface area contributed by atoms with Gasteiger partial charge in [-0.1, -0.05) is 0 Å². The number of rotatable bonds is 9. The average Bonchev–Trinajstić information content (AvgIpc) is 3.14. The molecule has 3 aliphatic rings. The SMILES string of the molecule is O=c1cc(-c2ccc(O)c(O[C@@H]3O[C@H](CO)[C@@H](O)[C@H](O)[C@H]3O)c2)oc2cc(O)c([C@@H]3O[C@H](CO[C@@H]4O[C@@H](CO)[C@@H](O)[C@H](O)[C@H]4O)[C@@H](O)[C@H](O)[C@H]3O)c(O)c12. The molecule has 298 valence electrons. The Morgan fingerprint density at radius 3 is 1.81 bits per heavy atom. The van der Waals surface area contributed by atoms with Crippen molar-refractivity contribution >= 4 is 11.0 Å². The number of hydrogen-bond acceptors (Lipinski definition) is 21. The van der Waals surface area contributed by atoms with Crippen LogP contribution in [-0.2, 0) is 18.9 Å². The molecule has 0 saturated carbocycles. The molecule has 3 aromatic rings. The number of hydrogen-bond donors (Lipinski definition) is 14. The van der Waals surface area contributed by atoms with Crippen molar-refractivity contribution in [3.05, 3.63) is 46.1 Å². The van der Waals surface area contributed by atoms with Crippen LogP contribution in [0.2, 0.25) is 0 Å². The number of aliphatic hydroxyl groups is 11. The Hall–Kier alpha value is -3.75. The molecule has 15 atom stereocenters. The Kier molecular flexibility index (Phi) is 11.7. The van der Waals surface area contributed by atoms with E-state index in [1.165, 1.54) is 6.07 Å². The summed E-state index contributed by atoms with van der Waals surface area (Å²) >= 11 is 0. The lowest BCUT2D eigenvalue weighted by Crippen LogP contribution is -2.60. The lowest BCUT2D eigenvalue weighted by atomic mass is 9.89. The minimum Gasteiger partial charge on any atom is -0.507 e. The van der Waals surface area contributed by atoms with Crippen LogP contribution in [0.5, 0.6) is 23.0 Å². The van der Waals surface area contributed by atoms with Crippen LogP contribution < -0.4 is 10.2 Å². The summed E-state index contributed by atoms with van der Waals surface area (Å²) in [5.41, 5.74) is -1.82. The number of benzene rings is 2. The smallest absolute Gasteiger partial charge is 0.229 e. The third kappa shape index (κ3) is 7.21. The molecule has 2 aromatic carbocycles. The van der Waals surface area contributed by atoms with Gasteiger partial charge in [0.2, 0.25) is 6.29 Å². The summed E-state index contributed by atoms with van der Waals surface area (Å²) in [6, 6.07) is 5.38. The van der Waals surface area contributed by atoms with E-state index in [2.05, 4.69) is 0 Å². The molecular formula is C33H40O21. The van der Waals surface area contributed by atoms with Gasteiger partial charge in [-0.15, -0.1) is 0 Å². The van der Waals surface area contributed by atoms with Crippen LogP contribution >= 0.6 is 0 Å². The van der Waals surface area contributed by atoms with Crippen LogP contribution in [0, 0.1) is 0 Å². The third-order valence-electron chi connectivity index (χ3n) is 9.62. The van der Waals surface area contributed by atoms with E-state index < -0.39 is 151 Å². The highest BCUT2D eigenvalue weighted by Crippen LogP contribution is 2.45. The van der Waals surface area contributed by atoms with Gasteiger partial charge in [0.15, 0.2) is 23.2 Å². The first-order chi connectivity index (χ1) is 25.6. The second kappa shape index (κ2) is 15.8. The molecule has 1 aromatic heterocycles. The van der Waals surface area contributed by atoms with Crippen molar-refractivity contribution in [1.82, 2.24) is 0 Å². The predicted molar refractivity (Wildman–Crippen MR) is 173 cm³/mol. The summed E-state index contributed by atoms with van der Waals surface area (Å²) in [6.07, 6.45) is -25.8. The largest absolute Gasteiger partial charge is 0.507 e. The zero-order chi connectivity index (χ0) is 39.3. The summed E-state index contributed by atoms with van der Waals surface area (Å²) in [7, 11) is 0. The molecule has 0 unspecified atom stereocenters. The van der Waals surface area contributed by atoms with Gasteiger partial charge >= 0.3 is 0 Å². The molecule has 21 heteroatoms. The Balaban J connectivity index is 1.26. The van der Waals surface area contributed by atoms with Gasteiger partial charge in [-0.3, -0.25) is 4.79 Å². The number of phenolic OH excluding ortho intramolecular Hbond substituents is 3. The molecule has 3 aliphatic heterocycles. The first kappa shape index (κ1) is 39.9. The summed E-state index contributed by atoms with van der Waals surface area (Å²) in [5, 5.41) is 144. The van der Waals surface area contributed by atoms with Crippen LogP contribution in [0.4, 0.5) is 0 Å². The fourth-order valence-corrected chi connectivity index (χ4v) is 6.50. The van der Waals surface area contributed by atoms with Crippen molar-refractivity contribution in [2.45, 2.75) is 91.9 Å². The zero-order valence-electron chi connectivity index (χ0n) is 27.8. The topological polar surface area (TPSA) is 360 Å². The summed E-state index contributed by atoms with van der Waals surface area (Å²) in [4.78, 5) is 13.4. The third-order valence-corrected chi connectivity index (χ3v) is 9.62. The van der Waals surface area contributed by atoms with Gasteiger partial charge in [0.25, 0.3) is 0 Å². The van der Waals surface area contributed by atoms with Crippen LogP contribution in [0.3, 0.4) is 0 Å². The minimum atomic E-state index is -2.01. The van der Waals surface area contributed by atoms with Crippen LogP contribution in [0.25, 0.3) is 22.3 Å². The van der Waals surface area contributed by atoms with Gasteiger partial charge in [-0.2, -0.15) is 0 Å². The van der Waals surface area contributed by atoms with Gasteiger partial charge in [-0.25, -0.2) is 0 Å². The molecule has 0 bridgehead atoms. The fraction of sp³-hybridized carbons (Fsp3) is 0.545. The highest BCUT2D eigenvalue weighted by Gasteiger charge is 2.49. The van der Waals surface area contributed by atoms with E-state index >= 15 is 0 Å². The molecule has 54 heavy (non-hydrogen) atoms. The molecule has 0 radical (unpaired) electrons. The lowest BCUT2D eigenvalue weighted by Gasteiger charge is -2.43. The van der Waals surface area contributed by atoms with Crippen molar-refractivity contribution < 1.29 is 99.6 Å². The second-order valence-electron chi connectivity index (χ2n) is 13.1. The fourth-order valence-electron chi connectivity index (χ4n) is 6.50. The van der Waals surface area contributed by atoms with E-state index in [1.54, 1.807) is 0 Å². The minimum absolute atomic E-state index is 0.0693. The van der Waals surface area contributed by atoms with Crippen molar-refractivity contribution in [2.75, 3.05) is 19.8 Å². The standard InChI is InChI=1S/C33H40O21/c34-6-16-21(39)26(44)29(47)32(53-16)49-8-18-23(41)25(43)28(46)31(51-18)20-12(38)5-15-19(24(20)42)11(37)4-13(50-15)9-1-2-10(36)14(3-9)52-33-30(48)27(45)22(40)17(7-35)54-33/h1-5,16-18,21-23,25-36,38-48H,6-8H2/t16-,17+,18+,21+,22+,23+,25-,26-,27-,28+,29+,30+,31-,32+,33+/m0/s1. The van der Waals surface area contributed by atoms with Gasteiger partial charge in [0, 0.05) is 17.7 Å². The Morgan fingerprint density at radius 1 is 0.611 bits per heavy atom. The van der Waals surface area contributed by atoms with Gasteiger partial charge in [0.05, 0.1) is 25.4 Å². The Bertz CT molecular complexity index is 1850. The van der Waals surface area contributed by atoms with E-state index in [0.717, 1.165) is 24.3 Å². The van der Waals surface area contributed by atoms with Crippen LogP contribution in [-0.4, -0.2) is 177 Å². The maximum absolute atomic E-state index is 13.4. The van der Waals surface area contributed by atoms with E-state index in [0.29, 0.717) is 0 Å². The van der Waals surface area contributed by atoms with Gasteiger partial charge in [0.1, 0.15) is 108 Å². The highest BCUT2D eigenvalue weighted by atomic mass is 16.7. The summed E-state index contributed by atoms with van der Waals surface area (Å²) < 4.78 is 33.0. The zero-order valence-corrected chi connectivity index (χ0v) is 27.8. The molecule has 14 N–H and O–H groups in total. The van der Waals surface area contributed by atoms with Crippen molar-refractivity contribution in [3.63, 3.8) is 0 Å². The number of aromatic hydroxyl groups is 3. The number of phenols is 3. The molecule has 0 spiro atoms. The number of aliphatic hydroxyl groups excluding tert-OH is 11. The maximum Gasteiger partial charge on any atom is 0.229 e. The monoisotopic (exact) mass is 772 g/mol. The van der Waals surface area contributed by atoms with Crippen molar-refractivity contribution in [1.29, 1.82) is 0 Å². The Labute approximate surface area is 302 Å². The van der Waals surface area contributed by atoms with Crippen LogP contribution in [0.15, 0.2) is 39.5 Å². The van der Waals surface area contributed by atoms with E-state index in [4.69, 9.17) is 28.1 Å². The van der Waals surface area contributed by atoms with Crippen molar-refractivity contribution in [2.24, 2.45) is 0 Å². The first-order valence-electron chi connectivity index (χ1n) is 16.5. The Morgan fingerprint density at radius 2 is 1.19 bits per heavy atom. The van der Waals surface area contributed by atoms with Gasteiger partial charge in [-0.05, 0) is 18.2 Å². The molecule has 0 amide bonds. The molecular weight excluding hydrogens is 732 g/mol. The van der Waals surface area contributed by atoms with Crippen molar-refractivity contribution in [3.8, 4) is 34.3 Å². The molecule has 3 fully saturated rings. The summed E-state index contributed by atoms with van der Waals surface area (Å²) in [5.74, 6) is -2.79. The maximum atomic E-state index is 13.4. The average molecular weight is 773 g/mol. The molecule has 3 saturated heterocycles. The quantitative estimate of drug-likeness (QED) is 0.0969. The molecule has 6 rings (SSSR count). The van der Waals surface area contributed by atoms with Gasteiger partial charge < -0.3 is 99.6 Å². The van der Waals surface area contributed by atoms with E-state index in [1.807, 2.05) is 0 Å². The second-order valence-corrected chi connectivity index (χ2v) is 13.1. The molecule has 0 aliphatic carbocycles. The highest BCUT2D eigenvalue weighted by molar-refractivity contribution is 5.88. The predicted octanol–water partition coefficient (Wildman–Crippen LogP) is -4.91. The normalized spacial score (nSPS) is 37.4. The van der Waals surface area contributed by atoms with E-state index in [-0.39, 0.29) is 17.1 Å². The molecule has 21 nitrogen and oxygen atoms in total. The number of fused-ring (bicyclic) bond motifs is 1. The summed E-state index contributed by atoms with van der Waals surface area (Å²) in [6.45, 7) is -2.21. The van der Waals surface area contributed by atoms with E-state index in [9.17, 15) is 76.3 Å².